The number of nitrogens with zero attached hydrogens (tertiary/aromatic N) is 2. The summed E-state index contributed by atoms with van der Waals surface area (Å²) in [5, 5.41) is 7.70. The summed E-state index contributed by atoms with van der Waals surface area (Å²) >= 11 is 0. The molecular formula is C16H23N3O. The molecule has 0 radical (unpaired) electrons. The maximum absolute atomic E-state index is 5.97. The first-order valence-corrected chi connectivity index (χ1v) is 7.23. The first kappa shape index (κ1) is 14.6. The molecule has 0 amide bonds. The van der Waals surface area contributed by atoms with Gasteiger partial charge >= 0.3 is 0 Å². The summed E-state index contributed by atoms with van der Waals surface area (Å²) in [7, 11) is 1.89. The zero-order chi connectivity index (χ0) is 14.4. The zero-order valence-electron chi connectivity index (χ0n) is 12.5. The van der Waals surface area contributed by atoms with Crippen LogP contribution in [0.2, 0.25) is 0 Å². The van der Waals surface area contributed by atoms with Gasteiger partial charge in [-0.05, 0) is 25.5 Å². The molecule has 1 N–H and O–H groups in total. The van der Waals surface area contributed by atoms with Gasteiger partial charge in [0.05, 0.1) is 12.4 Å². The first-order valence-electron chi connectivity index (χ1n) is 7.23. The van der Waals surface area contributed by atoms with E-state index in [1.807, 2.05) is 25.4 Å². The SMILES string of the molecule is CCCNC(CC)c1ccccc1Oc1cnn(C)c1. The van der Waals surface area contributed by atoms with E-state index >= 15 is 0 Å². The van der Waals surface area contributed by atoms with E-state index in [9.17, 15) is 0 Å². The number of hydrogen-bond acceptors (Lipinski definition) is 3. The molecule has 0 aliphatic carbocycles. The summed E-state index contributed by atoms with van der Waals surface area (Å²) in [6.45, 7) is 5.38. The topological polar surface area (TPSA) is 39.1 Å². The Labute approximate surface area is 120 Å². The van der Waals surface area contributed by atoms with Crippen molar-refractivity contribution < 1.29 is 4.74 Å². The predicted octanol–water partition coefficient (Wildman–Crippen LogP) is 3.66. The molecule has 0 aliphatic rings. The summed E-state index contributed by atoms with van der Waals surface area (Å²) in [5.41, 5.74) is 1.20. The van der Waals surface area contributed by atoms with Crippen LogP contribution in [0.4, 0.5) is 0 Å². The van der Waals surface area contributed by atoms with Crippen molar-refractivity contribution in [1.29, 1.82) is 0 Å². The Morgan fingerprint density at radius 2 is 2.10 bits per heavy atom. The molecule has 0 spiro atoms. The lowest BCUT2D eigenvalue weighted by Crippen LogP contribution is -2.21. The third-order valence-corrected chi connectivity index (χ3v) is 3.25. The Morgan fingerprint density at radius 3 is 2.75 bits per heavy atom. The van der Waals surface area contributed by atoms with E-state index in [-0.39, 0.29) is 0 Å². The van der Waals surface area contributed by atoms with Crippen LogP contribution >= 0.6 is 0 Å². The molecule has 0 aliphatic heterocycles. The molecule has 2 aromatic rings. The van der Waals surface area contributed by atoms with Crippen molar-refractivity contribution in [2.75, 3.05) is 6.54 Å². The van der Waals surface area contributed by atoms with Crippen molar-refractivity contribution in [3.63, 3.8) is 0 Å². The third-order valence-electron chi connectivity index (χ3n) is 3.25. The fourth-order valence-corrected chi connectivity index (χ4v) is 2.23. The molecule has 1 aromatic carbocycles. The minimum atomic E-state index is 0.322. The lowest BCUT2D eigenvalue weighted by molar-refractivity contribution is 0.448. The maximum atomic E-state index is 5.97. The molecule has 108 valence electrons. The number of nitrogens with one attached hydrogen (secondary N) is 1. The van der Waals surface area contributed by atoms with Crippen molar-refractivity contribution in [1.82, 2.24) is 15.1 Å². The number of hydrogen-bond donors (Lipinski definition) is 1. The van der Waals surface area contributed by atoms with Crippen LogP contribution in [-0.2, 0) is 7.05 Å². The maximum Gasteiger partial charge on any atom is 0.165 e. The van der Waals surface area contributed by atoms with E-state index in [0.29, 0.717) is 6.04 Å². The highest BCUT2D eigenvalue weighted by molar-refractivity contribution is 5.38. The van der Waals surface area contributed by atoms with Gasteiger partial charge in [-0.25, -0.2) is 0 Å². The number of aromatic nitrogens is 2. The van der Waals surface area contributed by atoms with Gasteiger partial charge in [0.1, 0.15) is 5.75 Å². The molecule has 0 fully saturated rings. The Morgan fingerprint density at radius 1 is 1.30 bits per heavy atom. The van der Waals surface area contributed by atoms with Crippen LogP contribution in [0.3, 0.4) is 0 Å². The fourth-order valence-electron chi connectivity index (χ4n) is 2.23. The average molecular weight is 273 g/mol. The Kier molecular flexibility index (Phi) is 5.18. The van der Waals surface area contributed by atoms with Gasteiger partial charge in [-0.15, -0.1) is 0 Å². The van der Waals surface area contributed by atoms with Gasteiger partial charge in [-0.2, -0.15) is 5.10 Å². The van der Waals surface area contributed by atoms with E-state index < -0.39 is 0 Å². The summed E-state index contributed by atoms with van der Waals surface area (Å²) in [6, 6.07) is 8.52. The molecule has 1 aromatic heterocycles. The van der Waals surface area contributed by atoms with Gasteiger partial charge in [-0.3, -0.25) is 4.68 Å². The van der Waals surface area contributed by atoms with Crippen molar-refractivity contribution in [3.8, 4) is 11.5 Å². The third kappa shape index (κ3) is 3.61. The van der Waals surface area contributed by atoms with E-state index in [2.05, 4.69) is 36.4 Å². The molecule has 1 atom stereocenters. The molecule has 1 heterocycles. The summed E-state index contributed by atoms with van der Waals surface area (Å²) in [4.78, 5) is 0. The van der Waals surface area contributed by atoms with Crippen molar-refractivity contribution in [3.05, 3.63) is 42.2 Å². The van der Waals surface area contributed by atoms with Crippen molar-refractivity contribution in [2.45, 2.75) is 32.7 Å². The lowest BCUT2D eigenvalue weighted by atomic mass is 10.0. The molecule has 20 heavy (non-hydrogen) atoms. The van der Waals surface area contributed by atoms with Crippen LogP contribution in [0.15, 0.2) is 36.7 Å². The quantitative estimate of drug-likeness (QED) is 0.836. The highest BCUT2D eigenvalue weighted by Crippen LogP contribution is 2.30. The second-order valence-electron chi connectivity index (χ2n) is 4.90. The minimum absolute atomic E-state index is 0.322. The van der Waals surface area contributed by atoms with Gasteiger partial charge in [-0.1, -0.05) is 32.0 Å². The fraction of sp³-hybridized carbons (Fsp3) is 0.438. The second kappa shape index (κ2) is 7.10. The Bertz CT molecular complexity index is 536. The van der Waals surface area contributed by atoms with Crippen molar-refractivity contribution in [2.24, 2.45) is 7.05 Å². The summed E-state index contributed by atoms with van der Waals surface area (Å²) < 4.78 is 7.71. The molecule has 4 heteroatoms. The monoisotopic (exact) mass is 273 g/mol. The number of ether oxygens (including phenoxy) is 1. The van der Waals surface area contributed by atoms with Crippen LogP contribution in [0.1, 0.15) is 38.3 Å². The molecule has 0 saturated heterocycles. The van der Waals surface area contributed by atoms with Gasteiger partial charge in [0.25, 0.3) is 0 Å². The number of aryl methyl sites for hydroxylation is 1. The smallest absolute Gasteiger partial charge is 0.165 e. The van der Waals surface area contributed by atoms with E-state index in [1.54, 1.807) is 10.9 Å². The molecule has 1 unspecified atom stereocenters. The van der Waals surface area contributed by atoms with E-state index in [1.165, 1.54) is 5.56 Å². The molecule has 0 saturated carbocycles. The molecule has 4 nitrogen and oxygen atoms in total. The van der Waals surface area contributed by atoms with Crippen LogP contribution in [0.5, 0.6) is 11.5 Å². The summed E-state index contributed by atoms with van der Waals surface area (Å²) in [5.74, 6) is 1.67. The van der Waals surface area contributed by atoms with E-state index in [0.717, 1.165) is 30.9 Å². The van der Waals surface area contributed by atoms with Gasteiger partial charge in [0.15, 0.2) is 5.75 Å². The molecule has 2 rings (SSSR count). The molecule has 0 bridgehead atoms. The van der Waals surface area contributed by atoms with Crippen molar-refractivity contribution >= 4 is 0 Å². The van der Waals surface area contributed by atoms with Crippen LogP contribution < -0.4 is 10.1 Å². The average Bonchev–Trinajstić information content (AvgIpc) is 2.86. The first-order chi connectivity index (χ1) is 9.74. The zero-order valence-corrected chi connectivity index (χ0v) is 12.5. The predicted molar refractivity (Wildman–Crippen MR) is 81.0 cm³/mol. The highest BCUT2D eigenvalue weighted by Gasteiger charge is 2.14. The molecular weight excluding hydrogens is 250 g/mol. The number of rotatable bonds is 7. The van der Waals surface area contributed by atoms with Crippen LogP contribution in [0.25, 0.3) is 0 Å². The minimum Gasteiger partial charge on any atom is -0.454 e. The van der Waals surface area contributed by atoms with E-state index in [4.69, 9.17) is 4.74 Å². The number of benzene rings is 1. The lowest BCUT2D eigenvalue weighted by Gasteiger charge is -2.20. The van der Waals surface area contributed by atoms with Gasteiger partial charge in [0, 0.05) is 18.7 Å². The largest absolute Gasteiger partial charge is 0.454 e. The van der Waals surface area contributed by atoms with Crippen LogP contribution in [-0.4, -0.2) is 16.3 Å². The van der Waals surface area contributed by atoms with Gasteiger partial charge < -0.3 is 10.1 Å². The number of para-hydroxylation sites is 1. The Hall–Kier alpha value is -1.81. The van der Waals surface area contributed by atoms with Gasteiger partial charge in [0.2, 0.25) is 0 Å². The Balaban J connectivity index is 2.20. The normalized spacial score (nSPS) is 12.3. The van der Waals surface area contributed by atoms with Crippen LogP contribution in [0, 0.1) is 0 Å². The highest BCUT2D eigenvalue weighted by atomic mass is 16.5. The second-order valence-corrected chi connectivity index (χ2v) is 4.90. The standard InChI is InChI=1S/C16H23N3O/c1-4-10-17-15(5-2)14-8-6-7-9-16(14)20-13-11-18-19(3)12-13/h6-9,11-12,15,17H,4-5,10H2,1-3H3. The summed E-state index contributed by atoms with van der Waals surface area (Å²) in [6.07, 6.45) is 5.77.